The van der Waals surface area contributed by atoms with Crippen molar-refractivity contribution >= 4 is 50.7 Å². The van der Waals surface area contributed by atoms with Crippen molar-refractivity contribution < 1.29 is 18.3 Å². The van der Waals surface area contributed by atoms with Gasteiger partial charge in [-0.2, -0.15) is 0 Å². The fraction of sp³-hybridized carbons (Fsp3) is 0.188. The molecule has 0 aliphatic carbocycles. The maximum absolute atomic E-state index is 14.0. The number of rotatable bonds is 4. The number of halogens is 4. The van der Waals surface area contributed by atoms with Gasteiger partial charge in [-0.1, -0.05) is 33.6 Å². The van der Waals surface area contributed by atoms with Gasteiger partial charge in [-0.15, -0.1) is 11.3 Å². The van der Waals surface area contributed by atoms with Crippen molar-refractivity contribution in [1.29, 1.82) is 0 Å². The number of alkyl halides is 1. The number of carbonyl (C=O) groups excluding carboxylic acids is 1. The van der Waals surface area contributed by atoms with Gasteiger partial charge < -0.3 is 10.1 Å². The number of allylic oxidation sites excluding steroid dienone is 1. The molecule has 0 radical (unpaired) electrons. The van der Waals surface area contributed by atoms with E-state index in [0.717, 1.165) is 6.07 Å². The van der Waals surface area contributed by atoms with Gasteiger partial charge in [0, 0.05) is 28.2 Å². The highest BCUT2D eigenvalue weighted by Crippen LogP contribution is 2.38. The summed E-state index contributed by atoms with van der Waals surface area (Å²) in [4.78, 5) is 21.0. The first-order valence-corrected chi connectivity index (χ1v) is 9.61. The maximum atomic E-state index is 14.0. The number of thiazole rings is 1. The number of aliphatic imine (C=N–C) groups is 1. The highest BCUT2D eigenvalue weighted by Gasteiger charge is 2.34. The summed E-state index contributed by atoms with van der Waals surface area (Å²) in [6.07, 6.45) is 1.61. The van der Waals surface area contributed by atoms with Crippen LogP contribution in [-0.2, 0) is 9.53 Å². The van der Waals surface area contributed by atoms with E-state index in [1.54, 1.807) is 11.6 Å². The molecule has 1 aromatic carbocycles. The summed E-state index contributed by atoms with van der Waals surface area (Å²) in [5, 5.41) is 5.23. The van der Waals surface area contributed by atoms with Gasteiger partial charge >= 0.3 is 5.97 Å². The van der Waals surface area contributed by atoms with Gasteiger partial charge in [-0.25, -0.2) is 18.6 Å². The Morgan fingerprint density at radius 3 is 2.85 bits per heavy atom. The van der Waals surface area contributed by atoms with Crippen molar-refractivity contribution in [3.05, 3.63) is 62.2 Å². The molecule has 2 aromatic rings. The number of benzene rings is 1. The van der Waals surface area contributed by atoms with E-state index in [0.29, 0.717) is 16.5 Å². The van der Waals surface area contributed by atoms with Gasteiger partial charge in [-0.3, -0.25) is 4.99 Å². The first-order valence-electron chi connectivity index (χ1n) is 7.23. The van der Waals surface area contributed by atoms with Gasteiger partial charge in [0.05, 0.1) is 17.7 Å². The number of hydrogen-bond acceptors (Lipinski definition) is 6. The molecule has 0 saturated heterocycles. The van der Waals surface area contributed by atoms with Crippen LogP contribution in [0.15, 0.2) is 40.0 Å². The van der Waals surface area contributed by atoms with Crippen LogP contribution in [0.1, 0.15) is 16.6 Å². The summed E-state index contributed by atoms with van der Waals surface area (Å²) in [7, 11) is 1.23. The van der Waals surface area contributed by atoms with Crippen LogP contribution in [0, 0.1) is 11.6 Å². The van der Waals surface area contributed by atoms with Gasteiger partial charge in [0.2, 0.25) is 0 Å². The summed E-state index contributed by atoms with van der Waals surface area (Å²) >= 11 is 10.7. The van der Waals surface area contributed by atoms with E-state index in [9.17, 15) is 13.6 Å². The molecule has 1 N–H and O–H groups in total. The van der Waals surface area contributed by atoms with Crippen LogP contribution in [0.5, 0.6) is 0 Å². The fourth-order valence-electron chi connectivity index (χ4n) is 2.48. The van der Waals surface area contributed by atoms with Crippen molar-refractivity contribution in [1.82, 2.24) is 10.3 Å². The Balaban J connectivity index is 2.21. The van der Waals surface area contributed by atoms with Crippen LogP contribution in [0.25, 0.3) is 0 Å². The van der Waals surface area contributed by atoms with Crippen LogP contribution in [0.2, 0.25) is 5.02 Å². The van der Waals surface area contributed by atoms with E-state index in [4.69, 9.17) is 16.3 Å². The molecule has 0 bridgehead atoms. The Morgan fingerprint density at radius 2 is 2.23 bits per heavy atom. The van der Waals surface area contributed by atoms with E-state index >= 15 is 0 Å². The standard InChI is InChI=1S/C16H11BrClF2N3O2S/c1-25-16(24)10-9(6-17)22-14(15-21-4-5-26-15)23-13(10)7-2-3-8(19)12(20)11(7)18/h2-5,13H,6H2,1H3,(H,22,23). The molecule has 26 heavy (non-hydrogen) atoms. The smallest absolute Gasteiger partial charge is 0.338 e. The lowest BCUT2D eigenvalue weighted by molar-refractivity contribution is -0.136. The monoisotopic (exact) mass is 461 g/mol. The molecule has 0 spiro atoms. The minimum atomic E-state index is -1.20. The first kappa shape index (κ1) is 18.9. The number of aromatic nitrogens is 1. The number of esters is 1. The topological polar surface area (TPSA) is 63.6 Å². The number of nitrogens with one attached hydrogen (secondary N) is 1. The molecule has 1 atom stereocenters. The third kappa shape index (κ3) is 3.38. The van der Waals surface area contributed by atoms with Gasteiger partial charge in [0.15, 0.2) is 22.5 Å². The summed E-state index contributed by atoms with van der Waals surface area (Å²) in [5.74, 6) is -2.54. The summed E-state index contributed by atoms with van der Waals surface area (Å²) in [6.45, 7) is 0. The van der Waals surface area contributed by atoms with Gasteiger partial charge in [0.25, 0.3) is 0 Å². The zero-order valence-electron chi connectivity index (χ0n) is 13.2. The lowest BCUT2D eigenvalue weighted by Gasteiger charge is -2.26. The molecule has 1 aliphatic heterocycles. The normalized spacial score (nSPS) is 17.0. The molecule has 10 heteroatoms. The van der Waals surface area contributed by atoms with Crippen molar-refractivity contribution in [3.63, 3.8) is 0 Å². The van der Waals surface area contributed by atoms with Crippen LogP contribution >= 0.6 is 38.9 Å². The molecule has 0 amide bonds. The van der Waals surface area contributed by atoms with E-state index in [-0.39, 0.29) is 16.5 Å². The maximum Gasteiger partial charge on any atom is 0.338 e. The van der Waals surface area contributed by atoms with E-state index in [1.165, 1.54) is 24.5 Å². The number of carbonyl (C=O) groups is 1. The highest BCUT2D eigenvalue weighted by molar-refractivity contribution is 9.09. The third-order valence-corrected chi connectivity index (χ3v) is 5.38. The van der Waals surface area contributed by atoms with Crippen LogP contribution in [0.3, 0.4) is 0 Å². The minimum Gasteiger partial charge on any atom is -0.466 e. The second-order valence-electron chi connectivity index (χ2n) is 5.12. The van der Waals surface area contributed by atoms with E-state index < -0.39 is 28.7 Å². The van der Waals surface area contributed by atoms with E-state index in [2.05, 4.69) is 31.2 Å². The summed E-state index contributed by atoms with van der Waals surface area (Å²) in [6, 6.07) is 1.27. The lowest BCUT2D eigenvalue weighted by Crippen LogP contribution is -2.34. The van der Waals surface area contributed by atoms with Crippen LogP contribution in [0.4, 0.5) is 8.78 Å². The highest BCUT2D eigenvalue weighted by atomic mass is 79.9. The van der Waals surface area contributed by atoms with Crippen molar-refractivity contribution in [2.75, 3.05) is 12.4 Å². The van der Waals surface area contributed by atoms with Gasteiger partial charge in [-0.05, 0) is 6.07 Å². The van der Waals surface area contributed by atoms with Gasteiger partial charge in [0.1, 0.15) is 6.04 Å². The lowest BCUT2D eigenvalue weighted by atomic mass is 9.95. The Hall–Kier alpha value is -1.84. The number of hydrogen-bond donors (Lipinski definition) is 1. The minimum absolute atomic E-state index is 0.151. The molecular weight excluding hydrogens is 452 g/mol. The molecule has 3 rings (SSSR count). The predicted molar refractivity (Wildman–Crippen MR) is 98.7 cm³/mol. The SMILES string of the molecule is COC(=O)C1=C(CBr)NC(c2nccs2)=NC1c1ccc(F)c(F)c1Cl. The molecule has 0 saturated carbocycles. The zero-order chi connectivity index (χ0) is 18.8. The van der Waals surface area contributed by atoms with Crippen molar-refractivity contribution in [2.45, 2.75) is 6.04 Å². The largest absolute Gasteiger partial charge is 0.466 e. The average Bonchev–Trinajstić information content (AvgIpc) is 3.19. The molecule has 2 heterocycles. The molecule has 1 aromatic heterocycles. The molecule has 136 valence electrons. The Morgan fingerprint density at radius 1 is 1.46 bits per heavy atom. The quantitative estimate of drug-likeness (QED) is 0.424. The zero-order valence-corrected chi connectivity index (χ0v) is 16.4. The molecule has 1 aliphatic rings. The second kappa shape index (κ2) is 7.81. The molecule has 5 nitrogen and oxygen atoms in total. The summed E-state index contributed by atoms with van der Waals surface area (Å²) < 4.78 is 32.3. The van der Waals surface area contributed by atoms with Crippen molar-refractivity contribution in [2.24, 2.45) is 4.99 Å². The molecule has 1 unspecified atom stereocenters. The Bertz CT molecular complexity index is 918. The molecular formula is C16H11BrClF2N3O2S. The first-order chi connectivity index (χ1) is 12.5. The van der Waals surface area contributed by atoms with Crippen LogP contribution in [-0.4, -0.2) is 29.2 Å². The Kier molecular flexibility index (Phi) is 5.69. The Labute approximate surface area is 164 Å². The number of methoxy groups -OCH3 is 1. The number of ether oxygens (including phenoxy) is 1. The fourth-order valence-corrected chi connectivity index (χ4v) is 3.76. The number of amidine groups is 1. The second-order valence-corrected chi connectivity index (χ2v) is 6.96. The predicted octanol–water partition coefficient (Wildman–Crippen LogP) is 3.99. The number of nitrogens with zero attached hydrogens (tertiary/aromatic N) is 2. The third-order valence-electron chi connectivity index (χ3n) is 3.66. The van der Waals surface area contributed by atoms with E-state index in [1.807, 2.05) is 0 Å². The average molecular weight is 463 g/mol. The molecule has 0 fully saturated rings. The summed E-state index contributed by atoms with van der Waals surface area (Å²) in [5.41, 5.74) is 0.778. The van der Waals surface area contributed by atoms with Crippen LogP contribution < -0.4 is 5.32 Å². The van der Waals surface area contributed by atoms with Crippen molar-refractivity contribution in [3.8, 4) is 0 Å².